The van der Waals surface area contributed by atoms with Gasteiger partial charge in [0.05, 0.1) is 22.7 Å². The molecule has 0 aliphatic rings. The molecule has 4 aromatic rings. The van der Waals surface area contributed by atoms with Crippen LogP contribution in [0.3, 0.4) is 0 Å². The number of methoxy groups -OCH3 is 1. The molecule has 0 aliphatic carbocycles. The lowest BCUT2D eigenvalue weighted by molar-refractivity contribution is -0.140. The van der Waals surface area contributed by atoms with Crippen LogP contribution in [0, 0.1) is 0 Å². The summed E-state index contributed by atoms with van der Waals surface area (Å²) in [7, 11) is -2.78. The summed E-state index contributed by atoms with van der Waals surface area (Å²) in [6.45, 7) is 1.86. The van der Waals surface area contributed by atoms with E-state index in [9.17, 15) is 18.0 Å². The summed E-state index contributed by atoms with van der Waals surface area (Å²) < 4.78 is 35.3. The number of nitrogens with one attached hydrogen (secondary N) is 1. The van der Waals surface area contributed by atoms with Crippen LogP contribution in [0.15, 0.2) is 112 Å². The predicted molar refractivity (Wildman–Crippen MR) is 181 cm³/mol. The maximum absolute atomic E-state index is 14.5. The number of ether oxygens (including phenoxy) is 1. The molecular formula is C34H35BrClN3O5S. The number of sulfonamides is 1. The Balaban J connectivity index is 1.81. The van der Waals surface area contributed by atoms with Gasteiger partial charge in [-0.3, -0.25) is 13.9 Å². The first-order valence-corrected chi connectivity index (χ1v) is 17.0. The maximum atomic E-state index is 14.5. The molecule has 0 spiro atoms. The molecule has 0 aliphatic heterocycles. The molecule has 11 heteroatoms. The molecule has 0 saturated heterocycles. The van der Waals surface area contributed by atoms with Gasteiger partial charge in [0.2, 0.25) is 11.8 Å². The first-order valence-electron chi connectivity index (χ1n) is 14.4. The standard InChI is InChI=1S/C34H35BrClN3O5S/c1-3-19-37-34(41)31(21-25-11-6-4-7-12-25)38(23-26-13-10-14-27(35)20-26)33(40)24-39(28-17-18-32(44-2)30(36)22-28)45(42,43)29-15-8-5-9-16-29/h4-18,20,22,31H,3,19,21,23-24H2,1-2H3,(H,37,41)/t31-/m1/s1. The normalized spacial score (nSPS) is 11.8. The van der Waals surface area contributed by atoms with Crippen LogP contribution in [0.2, 0.25) is 5.02 Å². The molecule has 1 atom stereocenters. The lowest BCUT2D eigenvalue weighted by Gasteiger charge is -2.34. The Morgan fingerprint density at radius 2 is 1.58 bits per heavy atom. The number of rotatable bonds is 14. The van der Waals surface area contributed by atoms with E-state index in [1.165, 1.54) is 36.3 Å². The van der Waals surface area contributed by atoms with Gasteiger partial charge in [-0.15, -0.1) is 0 Å². The van der Waals surface area contributed by atoms with Crippen molar-refractivity contribution in [3.8, 4) is 5.75 Å². The average molecular weight is 713 g/mol. The predicted octanol–water partition coefficient (Wildman–Crippen LogP) is 6.47. The summed E-state index contributed by atoms with van der Waals surface area (Å²) in [5.74, 6) is -0.529. The fourth-order valence-corrected chi connectivity index (χ4v) is 6.94. The first kappa shape index (κ1) is 34.0. The lowest BCUT2D eigenvalue weighted by atomic mass is 10.0. The monoisotopic (exact) mass is 711 g/mol. The Kier molecular flexibility index (Phi) is 12.0. The molecule has 45 heavy (non-hydrogen) atoms. The van der Waals surface area contributed by atoms with Gasteiger partial charge in [0.25, 0.3) is 10.0 Å². The summed E-state index contributed by atoms with van der Waals surface area (Å²) in [5, 5.41) is 3.12. The van der Waals surface area contributed by atoms with Gasteiger partial charge in [-0.25, -0.2) is 8.42 Å². The molecule has 4 rings (SSSR count). The lowest BCUT2D eigenvalue weighted by Crippen LogP contribution is -2.53. The second kappa shape index (κ2) is 15.9. The van der Waals surface area contributed by atoms with Crippen LogP contribution in [0.25, 0.3) is 0 Å². The van der Waals surface area contributed by atoms with E-state index >= 15 is 0 Å². The minimum Gasteiger partial charge on any atom is -0.495 e. The van der Waals surface area contributed by atoms with E-state index in [-0.39, 0.29) is 34.5 Å². The Bertz CT molecular complexity index is 1710. The van der Waals surface area contributed by atoms with Crippen molar-refractivity contribution >= 4 is 55.1 Å². The van der Waals surface area contributed by atoms with Gasteiger partial charge < -0.3 is 15.0 Å². The number of carbonyl (C=O) groups is 2. The third-order valence-corrected chi connectivity index (χ3v) is 9.67. The number of halogens is 2. The largest absolute Gasteiger partial charge is 0.495 e. The summed E-state index contributed by atoms with van der Waals surface area (Å²) in [4.78, 5) is 29.7. The molecule has 0 unspecified atom stereocenters. The molecule has 4 aromatic carbocycles. The fourth-order valence-electron chi connectivity index (χ4n) is 4.81. The molecule has 236 valence electrons. The third-order valence-electron chi connectivity index (χ3n) is 7.10. The van der Waals surface area contributed by atoms with E-state index in [4.69, 9.17) is 16.3 Å². The van der Waals surface area contributed by atoms with Gasteiger partial charge in [0, 0.05) is 24.0 Å². The number of anilines is 1. The highest BCUT2D eigenvalue weighted by Gasteiger charge is 2.34. The van der Waals surface area contributed by atoms with E-state index in [2.05, 4.69) is 21.2 Å². The van der Waals surface area contributed by atoms with Crippen molar-refractivity contribution in [2.24, 2.45) is 0 Å². The van der Waals surface area contributed by atoms with E-state index in [1.54, 1.807) is 24.3 Å². The molecule has 0 fully saturated rings. The molecule has 0 saturated carbocycles. The van der Waals surface area contributed by atoms with Crippen molar-refractivity contribution in [2.75, 3.05) is 24.5 Å². The smallest absolute Gasteiger partial charge is 0.264 e. The molecular weight excluding hydrogens is 678 g/mol. The Hall–Kier alpha value is -3.86. The SMILES string of the molecule is CCCNC(=O)[C@@H](Cc1ccccc1)N(Cc1cccc(Br)c1)C(=O)CN(c1ccc(OC)c(Cl)c1)S(=O)(=O)c1ccccc1. The van der Waals surface area contributed by atoms with Crippen LogP contribution in [-0.4, -0.2) is 51.4 Å². The Labute approximate surface area is 278 Å². The second-order valence-electron chi connectivity index (χ2n) is 10.3. The van der Waals surface area contributed by atoms with Crippen molar-refractivity contribution in [1.29, 1.82) is 0 Å². The number of nitrogens with zero attached hydrogens (tertiary/aromatic N) is 2. The van der Waals surface area contributed by atoms with E-state index in [0.29, 0.717) is 18.7 Å². The van der Waals surface area contributed by atoms with Crippen molar-refractivity contribution in [2.45, 2.75) is 37.2 Å². The van der Waals surface area contributed by atoms with Crippen LogP contribution in [0.5, 0.6) is 5.75 Å². The van der Waals surface area contributed by atoms with Crippen LogP contribution >= 0.6 is 27.5 Å². The van der Waals surface area contributed by atoms with Gasteiger partial charge in [0.1, 0.15) is 18.3 Å². The molecule has 0 heterocycles. The van der Waals surface area contributed by atoms with Crippen molar-refractivity contribution in [1.82, 2.24) is 10.2 Å². The Morgan fingerprint density at radius 1 is 0.911 bits per heavy atom. The first-order chi connectivity index (χ1) is 21.6. The van der Waals surface area contributed by atoms with Gasteiger partial charge >= 0.3 is 0 Å². The third kappa shape index (κ3) is 8.87. The highest BCUT2D eigenvalue weighted by Crippen LogP contribution is 2.32. The number of carbonyl (C=O) groups excluding carboxylic acids is 2. The average Bonchev–Trinajstić information content (AvgIpc) is 3.04. The summed E-state index contributed by atoms with van der Waals surface area (Å²) in [6.07, 6.45) is 0.945. The number of amides is 2. The summed E-state index contributed by atoms with van der Waals surface area (Å²) in [6, 6.07) is 28.3. The van der Waals surface area contributed by atoms with Crippen LogP contribution < -0.4 is 14.4 Å². The quantitative estimate of drug-likeness (QED) is 0.162. The van der Waals surface area contributed by atoms with Crippen LogP contribution in [0.4, 0.5) is 5.69 Å². The molecule has 8 nitrogen and oxygen atoms in total. The van der Waals surface area contributed by atoms with Gasteiger partial charge in [-0.1, -0.05) is 95.1 Å². The topological polar surface area (TPSA) is 96.0 Å². The zero-order chi connectivity index (χ0) is 32.4. The van der Waals surface area contributed by atoms with Crippen molar-refractivity contribution < 1.29 is 22.7 Å². The summed E-state index contributed by atoms with van der Waals surface area (Å²) in [5.41, 5.74) is 1.80. The zero-order valence-corrected chi connectivity index (χ0v) is 28.2. The molecule has 1 N–H and O–H groups in total. The van der Waals surface area contributed by atoms with Crippen molar-refractivity contribution in [3.63, 3.8) is 0 Å². The molecule has 0 radical (unpaired) electrons. The second-order valence-corrected chi connectivity index (χ2v) is 13.5. The fraction of sp³-hybridized carbons (Fsp3) is 0.235. The highest BCUT2D eigenvalue weighted by molar-refractivity contribution is 9.10. The van der Waals surface area contributed by atoms with Crippen molar-refractivity contribution in [3.05, 3.63) is 124 Å². The number of hydrogen-bond donors (Lipinski definition) is 1. The zero-order valence-electron chi connectivity index (χ0n) is 25.0. The summed E-state index contributed by atoms with van der Waals surface area (Å²) >= 11 is 9.91. The highest BCUT2D eigenvalue weighted by atomic mass is 79.9. The van der Waals surface area contributed by atoms with Gasteiger partial charge in [0.15, 0.2) is 0 Å². The molecule has 2 amide bonds. The minimum atomic E-state index is -4.24. The number of benzene rings is 4. The number of hydrogen-bond acceptors (Lipinski definition) is 5. The Morgan fingerprint density at radius 3 is 2.20 bits per heavy atom. The molecule has 0 aromatic heterocycles. The van der Waals surface area contributed by atoms with E-state index in [0.717, 1.165) is 19.9 Å². The minimum absolute atomic E-state index is 0.00445. The van der Waals surface area contributed by atoms with Crippen LogP contribution in [-0.2, 0) is 32.6 Å². The molecule has 0 bridgehead atoms. The van der Waals surface area contributed by atoms with Gasteiger partial charge in [-0.05, 0) is 60.0 Å². The van der Waals surface area contributed by atoms with E-state index in [1.807, 2.05) is 61.5 Å². The van der Waals surface area contributed by atoms with E-state index < -0.39 is 28.5 Å². The maximum Gasteiger partial charge on any atom is 0.264 e. The van der Waals surface area contributed by atoms with Gasteiger partial charge in [-0.2, -0.15) is 0 Å². The van der Waals surface area contributed by atoms with Crippen LogP contribution in [0.1, 0.15) is 24.5 Å².